The number of amides is 1. The van der Waals surface area contributed by atoms with Crippen LogP contribution in [0.2, 0.25) is 10.0 Å². The minimum atomic E-state index is -0.412. The van der Waals surface area contributed by atoms with Crippen molar-refractivity contribution in [3.8, 4) is 33.8 Å². The number of nitrogens with zero attached hydrogens (tertiary/aromatic N) is 2. The first-order chi connectivity index (χ1) is 17.4. The van der Waals surface area contributed by atoms with E-state index in [-0.39, 0.29) is 17.1 Å². The lowest BCUT2D eigenvalue weighted by molar-refractivity contribution is 0.102. The van der Waals surface area contributed by atoms with Gasteiger partial charge in [-0.05, 0) is 67.6 Å². The Morgan fingerprint density at radius 1 is 0.861 bits per heavy atom. The van der Waals surface area contributed by atoms with Gasteiger partial charge in [0, 0.05) is 22.4 Å². The van der Waals surface area contributed by atoms with Crippen LogP contribution in [-0.2, 0) is 0 Å². The van der Waals surface area contributed by atoms with E-state index in [9.17, 15) is 9.18 Å². The van der Waals surface area contributed by atoms with E-state index >= 15 is 0 Å². The molecule has 0 aliphatic heterocycles. The number of pyridine rings is 1. The molecule has 36 heavy (non-hydrogen) atoms. The Labute approximate surface area is 216 Å². The normalized spacial score (nSPS) is 10.9. The number of nitrogens with one attached hydrogen (secondary N) is 1. The molecule has 178 valence electrons. The predicted molar refractivity (Wildman–Crippen MR) is 140 cm³/mol. The molecule has 0 unspecified atom stereocenters. The lowest BCUT2D eigenvalue weighted by Crippen LogP contribution is -2.13. The molecular weight excluding hydrogens is 500 g/mol. The summed E-state index contributed by atoms with van der Waals surface area (Å²) >= 11 is 12.7. The number of hydrogen-bond acceptors (Lipinski definition) is 4. The third-order valence-electron chi connectivity index (χ3n) is 5.59. The zero-order valence-electron chi connectivity index (χ0n) is 18.9. The monoisotopic (exact) mass is 517 g/mol. The lowest BCUT2D eigenvalue weighted by atomic mass is 10.0. The summed E-state index contributed by atoms with van der Waals surface area (Å²) in [5.74, 6) is -0.380. The van der Waals surface area contributed by atoms with Gasteiger partial charge in [0.15, 0.2) is 0 Å². The third-order valence-corrected chi connectivity index (χ3v) is 6.22. The van der Waals surface area contributed by atoms with Crippen LogP contribution in [0.1, 0.15) is 16.1 Å². The minimum Gasteiger partial charge on any atom is -0.360 e. The highest BCUT2D eigenvalue weighted by molar-refractivity contribution is 6.39. The molecule has 2 heterocycles. The van der Waals surface area contributed by atoms with E-state index < -0.39 is 5.91 Å². The van der Waals surface area contributed by atoms with E-state index in [0.717, 1.165) is 11.1 Å². The van der Waals surface area contributed by atoms with Gasteiger partial charge in [0.25, 0.3) is 5.91 Å². The van der Waals surface area contributed by atoms with Gasteiger partial charge in [-0.1, -0.05) is 52.6 Å². The summed E-state index contributed by atoms with van der Waals surface area (Å²) in [6, 6.07) is 24.1. The fraction of sp³-hybridized carbons (Fsp3) is 0.0357. The molecule has 0 aliphatic rings. The fourth-order valence-electron chi connectivity index (χ4n) is 3.86. The quantitative estimate of drug-likeness (QED) is 0.255. The summed E-state index contributed by atoms with van der Waals surface area (Å²) in [6.07, 6.45) is 0. The first-order valence-corrected chi connectivity index (χ1v) is 11.7. The largest absolute Gasteiger partial charge is 0.360 e. The number of aromatic nitrogens is 2. The number of halogens is 3. The Bertz CT molecular complexity index is 1560. The van der Waals surface area contributed by atoms with Crippen molar-refractivity contribution in [1.29, 1.82) is 0 Å². The maximum atomic E-state index is 13.3. The highest BCUT2D eigenvalue weighted by atomic mass is 35.5. The molecule has 0 saturated heterocycles. The summed E-state index contributed by atoms with van der Waals surface area (Å²) in [6.45, 7) is 1.65. The van der Waals surface area contributed by atoms with E-state index in [1.54, 1.807) is 43.3 Å². The number of benzene rings is 3. The highest BCUT2D eigenvalue weighted by Crippen LogP contribution is 2.37. The number of aryl methyl sites for hydroxylation is 1. The van der Waals surface area contributed by atoms with Crippen molar-refractivity contribution in [3.63, 3.8) is 0 Å². The smallest absolute Gasteiger partial charge is 0.261 e. The molecule has 2 aromatic heterocycles. The standard InChI is InChI=1S/C28H18Cl2FN3O2/c1-16-25(27(34-36-16)26-21(29)7-3-8-22(26)30)28(35)32-20-6-2-5-18(15-20)24-10-4-9-23(33-24)17-11-13-19(31)14-12-17/h2-15H,1H3,(H,32,35). The molecule has 0 fully saturated rings. The topological polar surface area (TPSA) is 68.0 Å². The third kappa shape index (κ3) is 4.73. The van der Waals surface area contributed by atoms with Crippen molar-refractivity contribution >= 4 is 34.8 Å². The van der Waals surface area contributed by atoms with E-state index in [0.29, 0.717) is 38.4 Å². The molecule has 0 atom stereocenters. The van der Waals surface area contributed by atoms with Crippen molar-refractivity contribution in [1.82, 2.24) is 10.1 Å². The fourth-order valence-corrected chi connectivity index (χ4v) is 4.44. The Balaban J connectivity index is 1.44. The number of anilines is 1. The minimum absolute atomic E-state index is 0.242. The van der Waals surface area contributed by atoms with Crippen LogP contribution in [0.3, 0.4) is 0 Å². The molecule has 5 nitrogen and oxygen atoms in total. The SMILES string of the molecule is Cc1onc(-c2c(Cl)cccc2Cl)c1C(=O)Nc1cccc(-c2cccc(-c3ccc(F)cc3)n2)c1. The molecule has 0 spiro atoms. The molecule has 1 N–H and O–H groups in total. The number of rotatable bonds is 5. The maximum absolute atomic E-state index is 13.3. The number of carbonyl (C=O) groups is 1. The maximum Gasteiger partial charge on any atom is 0.261 e. The molecule has 1 amide bonds. The van der Waals surface area contributed by atoms with E-state index in [4.69, 9.17) is 32.7 Å². The molecule has 0 saturated carbocycles. The molecule has 0 radical (unpaired) electrons. The molecule has 0 aliphatic carbocycles. The Morgan fingerprint density at radius 3 is 2.22 bits per heavy atom. The van der Waals surface area contributed by atoms with Gasteiger partial charge in [-0.2, -0.15) is 0 Å². The molecule has 5 aromatic rings. The van der Waals surface area contributed by atoms with Crippen LogP contribution in [0.25, 0.3) is 33.8 Å². The van der Waals surface area contributed by atoms with Crippen LogP contribution in [0.4, 0.5) is 10.1 Å². The second-order valence-electron chi connectivity index (χ2n) is 8.01. The van der Waals surface area contributed by atoms with Gasteiger partial charge < -0.3 is 9.84 Å². The van der Waals surface area contributed by atoms with Crippen LogP contribution >= 0.6 is 23.2 Å². The lowest BCUT2D eigenvalue weighted by Gasteiger charge is -2.10. The van der Waals surface area contributed by atoms with Crippen molar-refractivity contribution < 1.29 is 13.7 Å². The Kier molecular flexibility index (Phi) is 6.55. The van der Waals surface area contributed by atoms with Crippen LogP contribution < -0.4 is 5.32 Å². The summed E-state index contributed by atoms with van der Waals surface area (Å²) in [7, 11) is 0. The second-order valence-corrected chi connectivity index (χ2v) is 8.82. The van der Waals surface area contributed by atoms with Crippen molar-refractivity contribution in [2.45, 2.75) is 6.92 Å². The van der Waals surface area contributed by atoms with Crippen molar-refractivity contribution in [2.75, 3.05) is 5.32 Å². The first kappa shape index (κ1) is 23.7. The van der Waals surface area contributed by atoms with Crippen LogP contribution in [-0.4, -0.2) is 16.0 Å². The van der Waals surface area contributed by atoms with Gasteiger partial charge in [0.1, 0.15) is 22.8 Å². The Hall–Kier alpha value is -4.00. The average Bonchev–Trinajstić information content (AvgIpc) is 3.25. The zero-order valence-corrected chi connectivity index (χ0v) is 20.4. The van der Waals surface area contributed by atoms with E-state index in [1.165, 1.54) is 12.1 Å². The van der Waals surface area contributed by atoms with Gasteiger partial charge in [0.2, 0.25) is 0 Å². The van der Waals surface area contributed by atoms with Crippen LogP contribution in [0.15, 0.2) is 89.5 Å². The number of hydrogen-bond donors (Lipinski definition) is 1. The van der Waals surface area contributed by atoms with Gasteiger partial charge in [-0.15, -0.1) is 0 Å². The first-order valence-electron chi connectivity index (χ1n) is 11.0. The summed E-state index contributed by atoms with van der Waals surface area (Å²) in [5.41, 5.74) is 4.52. The van der Waals surface area contributed by atoms with Crippen molar-refractivity contribution in [3.05, 3.63) is 112 Å². The molecule has 3 aromatic carbocycles. The zero-order chi connectivity index (χ0) is 25.2. The van der Waals surface area contributed by atoms with Gasteiger partial charge >= 0.3 is 0 Å². The average molecular weight is 518 g/mol. The summed E-state index contributed by atoms with van der Waals surface area (Å²) in [4.78, 5) is 18.0. The van der Waals surface area contributed by atoms with E-state index in [2.05, 4.69) is 10.5 Å². The van der Waals surface area contributed by atoms with E-state index in [1.807, 2.05) is 36.4 Å². The second kappa shape index (κ2) is 9.93. The summed E-state index contributed by atoms with van der Waals surface area (Å²) < 4.78 is 18.6. The predicted octanol–water partition coefficient (Wildman–Crippen LogP) is 8.08. The Morgan fingerprint density at radius 2 is 1.50 bits per heavy atom. The molecular formula is C28H18Cl2FN3O2. The van der Waals surface area contributed by atoms with Gasteiger partial charge in [0.05, 0.1) is 21.4 Å². The highest BCUT2D eigenvalue weighted by Gasteiger charge is 2.25. The number of carbonyl (C=O) groups excluding carboxylic acids is 1. The molecule has 0 bridgehead atoms. The van der Waals surface area contributed by atoms with Crippen molar-refractivity contribution in [2.24, 2.45) is 0 Å². The van der Waals surface area contributed by atoms with Crippen LogP contribution in [0.5, 0.6) is 0 Å². The molecule has 8 heteroatoms. The van der Waals surface area contributed by atoms with Gasteiger partial charge in [-0.25, -0.2) is 9.37 Å². The van der Waals surface area contributed by atoms with Gasteiger partial charge in [-0.3, -0.25) is 4.79 Å². The molecule has 5 rings (SSSR count). The summed E-state index contributed by atoms with van der Waals surface area (Å²) in [5, 5.41) is 7.66. The van der Waals surface area contributed by atoms with Crippen LogP contribution in [0, 0.1) is 12.7 Å².